The number of rotatable bonds is 64. The fourth-order valence-electron chi connectivity index (χ4n) is 9.96. The van der Waals surface area contributed by atoms with Gasteiger partial charge in [0, 0.05) is 25.7 Å². The number of hydrogen-bond donors (Lipinski definition) is 3. The van der Waals surface area contributed by atoms with Crippen molar-refractivity contribution >= 4 is 39.5 Å². The van der Waals surface area contributed by atoms with E-state index in [9.17, 15) is 43.2 Å². The summed E-state index contributed by atoms with van der Waals surface area (Å²) >= 11 is 0. The summed E-state index contributed by atoms with van der Waals surface area (Å²) in [7, 11) is -9.90. The lowest BCUT2D eigenvalue weighted by Crippen LogP contribution is -2.30. The maximum Gasteiger partial charge on any atom is 0.472 e. The maximum atomic E-state index is 13.0. The molecule has 0 aromatic rings. The van der Waals surface area contributed by atoms with E-state index in [2.05, 4.69) is 55.4 Å². The Morgan fingerprint density at radius 1 is 0.291 bits per heavy atom. The average molecular weight is 1270 g/mol. The minimum Gasteiger partial charge on any atom is -0.462 e. The summed E-state index contributed by atoms with van der Waals surface area (Å²) in [5.74, 6) is 0.766. The molecular formula is C67H130O17P2. The second-order valence-electron chi connectivity index (χ2n) is 26.1. The molecule has 0 heterocycles. The third kappa shape index (κ3) is 60.9. The van der Waals surface area contributed by atoms with E-state index in [1.54, 1.807) is 0 Å². The molecule has 0 aliphatic heterocycles. The zero-order valence-electron chi connectivity index (χ0n) is 55.9. The van der Waals surface area contributed by atoms with E-state index in [0.29, 0.717) is 37.5 Å². The lowest BCUT2D eigenvalue weighted by atomic mass is 10.0. The molecule has 19 heteroatoms. The molecule has 0 saturated carbocycles. The van der Waals surface area contributed by atoms with Crippen molar-refractivity contribution in [2.75, 3.05) is 39.6 Å². The third-order valence-corrected chi connectivity index (χ3v) is 17.2. The third-order valence-electron chi connectivity index (χ3n) is 15.3. The first-order chi connectivity index (χ1) is 41.1. The van der Waals surface area contributed by atoms with Gasteiger partial charge in [0.1, 0.15) is 19.3 Å². The van der Waals surface area contributed by atoms with Crippen molar-refractivity contribution in [3.05, 3.63) is 0 Å². The zero-order valence-corrected chi connectivity index (χ0v) is 57.7. The highest BCUT2D eigenvalue weighted by Gasteiger charge is 2.30. The Bertz CT molecular complexity index is 1710. The van der Waals surface area contributed by atoms with Crippen LogP contribution in [-0.2, 0) is 65.4 Å². The van der Waals surface area contributed by atoms with Crippen molar-refractivity contribution in [2.24, 2.45) is 23.7 Å². The number of esters is 4. The quantitative estimate of drug-likeness (QED) is 0.0222. The number of aliphatic hydroxyl groups excluding tert-OH is 1. The van der Waals surface area contributed by atoms with Crippen molar-refractivity contribution in [2.45, 2.75) is 343 Å². The molecule has 0 bridgehead atoms. The molecule has 510 valence electrons. The number of unbranched alkanes of at least 4 members (excludes halogenated alkanes) is 30. The van der Waals surface area contributed by atoms with E-state index in [1.807, 2.05) is 0 Å². The molecule has 86 heavy (non-hydrogen) atoms. The van der Waals surface area contributed by atoms with E-state index in [0.717, 1.165) is 115 Å². The fraction of sp³-hybridized carbons (Fsp3) is 0.940. The number of aliphatic hydroxyl groups is 1. The van der Waals surface area contributed by atoms with Crippen LogP contribution in [0.1, 0.15) is 325 Å². The summed E-state index contributed by atoms with van der Waals surface area (Å²) in [5.41, 5.74) is 0. The molecule has 0 aliphatic carbocycles. The Kier molecular flexibility index (Phi) is 55.7. The van der Waals surface area contributed by atoms with Crippen LogP contribution in [-0.4, -0.2) is 96.7 Å². The van der Waals surface area contributed by atoms with Crippen molar-refractivity contribution in [3.63, 3.8) is 0 Å². The monoisotopic (exact) mass is 1270 g/mol. The van der Waals surface area contributed by atoms with Gasteiger partial charge in [-0.2, -0.15) is 0 Å². The van der Waals surface area contributed by atoms with Crippen LogP contribution in [0.5, 0.6) is 0 Å². The van der Waals surface area contributed by atoms with E-state index < -0.39 is 97.5 Å². The molecule has 5 atom stereocenters. The van der Waals surface area contributed by atoms with Gasteiger partial charge in [-0.3, -0.25) is 37.3 Å². The SMILES string of the molecule is CC(C)CCCCCCCCCCCCCC(=O)O[C@H](COC(=O)CCCCCCCCC(C)C)COP(=O)(O)OCC(O)COP(=O)(O)OC[C@@H](COC(=O)CCCCCCCCCC(C)C)OC(=O)CCCCCCCCCCCCC(C)C. The molecule has 0 spiro atoms. The first-order valence-corrected chi connectivity index (χ1v) is 37.7. The van der Waals surface area contributed by atoms with Gasteiger partial charge >= 0.3 is 39.5 Å². The van der Waals surface area contributed by atoms with Crippen LogP contribution >= 0.6 is 15.6 Å². The number of phosphoric ester groups is 2. The van der Waals surface area contributed by atoms with Gasteiger partial charge in [0.05, 0.1) is 26.4 Å². The second kappa shape index (κ2) is 57.0. The van der Waals surface area contributed by atoms with E-state index in [-0.39, 0.29) is 25.7 Å². The first kappa shape index (κ1) is 84.1. The van der Waals surface area contributed by atoms with Crippen LogP contribution in [0.25, 0.3) is 0 Å². The van der Waals surface area contributed by atoms with Crippen molar-refractivity contribution < 1.29 is 80.2 Å². The second-order valence-corrected chi connectivity index (χ2v) is 29.0. The molecule has 0 aromatic heterocycles. The lowest BCUT2D eigenvalue weighted by molar-refractivity contribution is -0.161. The minimum absolute atomic E-state index is 0.104. The van der Waals surface area contributed by atoms with E-state index >= 15 is 0 Å². The number of carbonyl (C=O) groups excluding carboxylic acids is 4. The van der Waals surface area contributed by atoms with Crippen molar-refractivity contribution in [1.82, 2.24) is 0 Å². The van der Waals surface area contributed by atoms with E-state index in [4.69, 9.17) is 37.0 Å². The van der Waals surface area contributed by atoms with Crippen LogP contribution < -0.4 is 0 Å². The molecule has 0 aliphatic rings. The standard InChI is InChI=1S/C67H130O17P2/c1-57(2)43-35-27-19-14-10-9-11-16-22-33-41-49-66(71)84-63(54-78-65(70)48-40-32-26-25-30-38-46-60(7)8)56-82-86(75,76)80-52-61(68)51-79-85(73,74)81-55-62(53-77-64(69)47-39-31-24-18-21-29-37-45-59(5)6)83-67(72)50-42-34-23-17-13-12-15-20-28-36-44-58(3)4/h57-63,68H,9-56H2,1-8H3,(H,73,74)(H,75,76)/t61?,62-,63-/m1/s1. The molecule has 0 rings (SSSR count). The molecule has 0 aromatic carbocycles. The van der Waals surface area contributed by atoms with Gasteiger partial charge in [0.25, 0.3) is 0 Å². The first-order valence-electron chi connectivity index (χ1n) is 34.7. The summed E-state index contributed by atoms with van der Waals surface area (Å²) in [5, 5.41) is 10.6. The van der Waals surface area contributed by atoms with Gasteiger partial charge in [0.2, 0.25) is 0 Å². The number of carbonyl (C=O) groups is 4. The van der Waals surface area contributed by atoms with Crippen molar-refractivity contribution in [1.29, 1.82) is 0 Å². The topological polar surface area (TPSA) is 237 Å². The largest absolute Gasteiger partial charge is 0.472 e. The van der Waals surface area contributed by atoms with Crippen LogP contribution in [0.3, 0.4) is 0 Å². The summed E-state index contributed by atoms with van der Waals surface area (Å²) in [6.45, 7) is 14.0. The molecule has 0 radical (unpaired) electrons. The van der Waals surface area contributed by atoms with Crippen LogP contribution in [0, 0.1) is 23.7 Å². The zero-order chi connectivity index (χ0) is 63.9. The van der Waals surface area contributed by atoms with Gasteiger partial charge in [0.15, 0.2) is 12.2 Å². The maximum absolute atomic E-state index is 13.0. The molecule has 3 N–H and O–H groups in total. The van der Waals surface area contributed by atoms with E-state index in [1.165, 1.54) is 116 Å². The fourth-order valence-corrected chi connectivity index (χ4v) is 11.5. The Balaban J connectivity index is 5.24. The molecule has 0 fully saturated rings. The normalized spacial score (nSPS) is 14.4. The number of hydrogen-bond acceptors (Lipinski definition) is 15. The van der Waals surface area contributed by atoms with Crippen LogP contribution in [0.2, 0.25) is 0 Å². The number of ether oxygens (including phenoxy) is 4. The Morgan fingerprint density at radius 3 is 0.721 bits per heavy atom. The highest BCUT2D eigenvalue weighted by molar-refractivity contribution is 7.47. The molecule has 17 nitrogen and oxygen atoms in total. The molecule has 3 unspecified atom stereocenters. The lowest BCUT2D eigenvalue weighted by Gasteiger charge is -2.21. The van der Waals surface area contributed by atoms with Crippen LogP contribution in [0.15, 0.2) is 0 Å². The Hall–Kier alpha value is -1.94. The highest BCUT2D eigenvalue weighted by Crippen LogP contribution is 2.45. The van der Waals surface area contributed by atoms with Gasteiger partial charge in [-0.1, -0.05) is 274 Å². The minimum atomic E-state index is -4.95. The van der Waals surface area contributed by atoms with Gasteiger partial charge in [-0.15, -0.1) is 0 Å². The Labute approximate surface area is 524 Å². The highest BCUT2D eigenvalue weighted by atomic mass is 31.2. The summed E-state index contributed by atoms with van der Waals surface area (Å²) < 4.78 is 68.1. The Morgan fingerprint density at radius 2 is 0.488 bits per heavy atom. The van der Waals surface area contributed by atoms with Crippen molar-refractivity contribution in [3.8, 4) is 0 Å². The summed E-state index contributed by atoms with van der Waals surface area (Å²) in [6, 6.07) is 0. The predicted molar refractivity (Wildman–Crippen MR) is 344 cm³/mol. The number of phosphoric acid groups is 2. The van der Waals surface area contributed by atoms with Crippen LogP contribution in [0.4, 0.5) is 0 Å². The van der Waals surface area contributed by atoms with Gasteiger partial charge in [-0.05, 0) is 49.4 Å². The summed E-state index contributed by atoms with van der Waals surface area (Å²) in [6.07, 6.45) is 37.8. The smallest absolute Gasteiger partial charge is 0.462 e. The molecular weight excluding hydrogens is 1140 g/mol. The molecule has 0 saturated heterocycles. The summed E-state index contributed by atoms with van der Waals surface area (Å²) in [4.78, 5) is 72.3. The average Bonchev–Trinajstić information content (AvgIpc) is 3.65. The predicted octanol–water partition coefficient (Wildman–Crippen LogP) is 18.5. The van der Waals surface area contributed by atoms with Gasteiger partial charge in [-0.25, -0.2) is 9.13 Å². The molecule has 0 amide bonds. The van der Waals surface area contributed by atoms with Gasteiger partial charge < -0.3 is 33.8 Å².